The summed E-state index contributed by atoms with van der Waals surface area (Å²) in [5.74, 6) is 0.441. The van der Waals surface area contributed by atoms with Gasteiger partial charge in [0.1, 0.15) is 0 Å². The van der Waals surface area contributed by atoms with Gasteiger partial charge in [0.2, 0.25) is 5.88 Å². The van der Waals surface area contributed by atoms with Crippen molar-refractivity contribution in [3.63, 3.8) is 0 Å². The Kier molecular flexibility index (Phi) is 3.76. The molecule has 1 fully saturated rings. The van der Waals surface area contributed by atoms with Gasteiger partial charge >= 0.3 is 7.12 Å². The van der Waals surface area contributed by atoms with E-state index in [1.165, 1.54) is 0 Å². The zero-order chi connectivity index (χ0) is 15.0. The van der Waals surface area contributed by atoms with Crippen LogP contribution in [0.5, 0.6) is 5.88 Å². The fourth-order valence-corrected chi connectivity index (χ4v) is 2.11. The molecule has 1 aromatic heterocycles. The van der Waals surface area contributed by atoms with Crippen LogP contribution < -0.4 is 10.2 Å². The molecule has 6 heteroatoms. The van der Waals surface area contributed by atoms with Gasteiger partial charge in [-0.15, -0.1) is 0 Å². The van der Waals surface area contributed by atoms with Crippen molar-refractivity contribution in [3.8, 4) is 11.9 Å². The predicted molar refractivity (Wildman–Crippen MR) is 75.8 cm³/mol. The molecule has 0 saturated carbocycles. The van der Waals surface area contributed by atoms with Crippen molar-refractivity contribution >= 4 is 12.6 Å². The SMILES string of the molecule is COc1nccc(CC#N)c1B1OC(C)(C)C(C)(C)O1. The molecular weight excluding hydrogens is 255 g/mol. The van der Waals surface area contributed by atoms with E-state index in [0.29, 0.717) is 11.3 Å². The van der Waals surface area contributed by atoms with Gasteiger partial charge in [0.25, 0.3) is 0 Å². The second kappa shape index (κ2) is 5.08. The first-order valence-electron chi connectivity index (χ1n) is 6.57. The first-order chi connectivity index (χ1) is 9.32. The topological polar surface area (TPSA) is 64.4 Å². The van der Waals surface area contributed by atoms with Crippen molar-refractivity contribution in [1.29, 1.82) is 5.26 Å². The molecule has 0 spiro atoms. The molecule has 1 aliphatic heterocycles. The van der Waals surface area contributed by atoms with Gasteiger partial charge in [-0.3, -0.25) is 0 Å². The Morgan fingerprint density at radius 3 is 2.40 bits per heavy atom. The summed E-state index contributed by atoms with van der Waals surface area (Å²) < 4.78 is 17.4. The summed E-state index contributed by atoms with van der Waals surface area (Å²) in [6.45, 7) is 7.94. The van der Waals surface area contributed by atoms with Crippen LogP contribution in [0.25, 0.3) is 0 Å². The summed E-state index contributed by atoms with van der Waals surface area (Å²) in [5, 5.41) is 8.96. The summed E-state index contributed by atoms with van der Waals surface area (Å²) in [6.07, 6.45) is 1.89. The average molecular weight is 274 g/mol. The molecule has 1 aliphatic rings. The van der Waals surface area contributed by atoms with Crippen LogP contribution in [0.4, 0.5) is 0 Å². The minimum atomic E-state index is -0.577. The zero-order valence-electron chi connectivity index (χ0n) is 12.6. The van der Waals surface area contributed by atoms with E-state index in [4.69, 9.17) is 19.3 Å². The third kappa shape index (κ3) is 2.39. The highest BCUT2D eigenvalue weighted by Gasteiger charge is 2.53. The lowest BCUT2D eigenvalue weighted by atomic mass is 9.76. The van der Waals surface area contributed by atoms with Crippen LogP contribution in [-0.2, 0) is 15.7 Å². The number of aromatic nitrogens is 1. The van der Waals surface area contributed by atoms with Crippen LogP contribution in [0, 0.1) is 11.3 Å². The number of methoxy groups -OCH3 is 1. The highest BCUT2D eigenvalue weighted by molar-refractivity contribution is 6.63. The molecule has 0 unspecified atom stereocenters. The molecule has 0 aromatic carbocycles. The zero-order valence-corrected chi connectivity index (χ0v) is 12.6. The maximum atomic E-state index is 8.96. The first-order valence-corrected chi connectivity index (χ1v) is 6.57. The lowest BCUT2D eigenvalue weighted by molar-refractivity contribution is 0.00578. The molecule has 0 atom stereocenters. The first kappa shape index (κ1) is 14.8. The number of hydrogen-bond acceptors (Lipinski definition) is 5. The Balaban J connectivity index is 2.46. The fourth-order valence-electron chi connectivity index (χ4n) is 2.11. The van der Waals surface area contributed by atoms with Crippen LogP contribution in [0.15, 0.2) is 12.3 Å². The Hall–Kier alpha value is -1.58. The smallest absolute Gasteiger partial charge is 0.481 e. The van der Waals surface area contributed by atoms with Gasteiger partial charge in [-0.2, -0.15) is 5.26 Å². The van der Waals surface area contributed by atoms with Crippen molar-refractivity contribution in [2.24, 2.45) is 0 Å². The predicted octanol–water partition coefficient (Wildman–Crippen LogP) is 1.46. The van der Waals surface area contributed by atoms with E-state index < -0.39 is 18.3 Å². The summed E-state index contributed by atoms with van der Waals surface area (Å²) in [6, 6.07) is 3.94. The van der Waals surface area contributed by atoms with Crippen molar-refractivity contribution in [3.05, 3.63) is 17.8 Å². The molecule has 2 rings (SSSR count). The standard InChI is InChI=1S/C14H19BN2O3/c1-13(2)14(3,4)20-15(19-13)11-10(6-8-16)7-9-17-12(11)18-5/h7,9H,6H2,1-5H3. The van der Waals surface area contributed by atoms with Crippen molar-refractivity contribution in [2.45, 2.75) is 45.3 Å². The molecule has 106 valence electrons. The number of ether oxygens (including phenoxy) is 1. The molecule has 5 nitrogen and oxygen atoms in total. The molecule has 0 aliphatic carbocycles. The molecular formula is C14H19BN2O3. The minimum Gasteiger partial charge on any atom is -0.481 e. The average Bonchev–Trinajstić information content (AvgIpc) is 2.58. The van der Waals surface area contributed by atoms with Crippen molar-refractivity contribution in [2.75, 3.05) is 7.11 Å². The van der Waals surface area contributed by atoms with Crippen molar-refractivity contribution < 1.29 is 14.0 Å². The molecule has 0 bridgehead atoms. The van der Waals surface area contributed by atoms with Gasteiger partial charge in [0.15, 0.2) is 0 Å². The van der Waals surface area contributed by atoms with Crippen LogP contribution in [-0.4, -0.2) is 30.4 Å². The third-order valence-corrected chi connectivity index (χ3v) is 4.00. The Morgan fingerprint density at radius 2 is 1.90 bits per heavy atom. The van der Waals surface area contributed by atoms with E-state index in [1.807, 2.05) is 27.7 Å². The summed E-state index contributed by atoms with van der Waals surface area (Å²) in [7, 11) is 0.972. The highest BCUT2D eigenvalue weighted by Crippen LogP contribution is 2.37. The molecule has 20 heavy (non-hydrogen) atoms. The highest BCUT2D eigenvalue weighted by atomic mass is 16.7. The van der Waals surface area contributed by atoms with Gasteiger partial charge in [-0.1, -0.05) is 0 Å². The van der Waals surface area contributed by atoms with E-state index in [9.17, 15) is 0 Å². The second-order valence-electron chi connectivity index (χ2n) is 5.82. The summed E-state index contributed by atoms with van der Waals surface area (Å²) in [4.78, 5) is 4.19. The quantitative estimate of drug-likeness (QED) is 0.781. The molecule has 1 aromatic rings. The Bertz CT molecular complexity index is 536. The molecule has 1 saturated heterocycles. The van der Waals surface area contributed by atoms with E-state index in [2.05, 4.69) is 11.1 Å². The van der Waals surface area contributed by atoms with Gasteiger partial charge in [-0.05, 0) is 39.3 Å². The lowest BCUT2D eigenvalue weighted by Crippen LogP contribution is -2.41. The van der Waals surface area contributed by atoms with E-state index in [1.54, 1.807) is 19.4 Å². The van der Waals surface area contributed by atoms with Gasteiger partial charge < -0.3 is 14.0 Å². The molecule has 0 amide bonds. The summed E-state index contributed by atoms with van der Waals surface area (Å²) in [5.41, 5.74) is 0.637. The Morgan fingerprint density at radius 1 is 1.30 bits per heavy atom. The van der Waals surface area contributed by atoms with Crippen molar-refractivity contribution in [1.82, 2.24) is 4.98 Å². The summed E-state index contributed by atoms with van der Waals surface area (Å²) >= 11 is 0. The minimum absolute atomic E-state index is 0.262. The third-order valence-electron chi connectivity index (χ3n) is 4.00. The van der Waals surface area contributed by atoms with Crippen LogP contribution in [0.3, 0.4) is 0 Å². The maximum absolute atomic E-state index is 8.96. The Labute approximate surface area is 120 Å². The number of nitrogens with zero attached hydrogens (tertiary/aromatic N) is 2. The van der Waals surface area contributed by atoms with Gasteiger partial charge in [-0.25, -0.2) is 4.98 Å². The van der Waals surface area contributed by atoms with Crippen LogP contribution in [0.2, 0.25) is 0 Å². The monoisotopic (exact) mass is 274 g/mol. The van der Waals surface area contributed by atoms with Crippen LogP contribution in [0.1, 0.15) is 33.3 Å². The van der Waals surface area contributed by atoms with E-state index in [0.717, 1.165) is 5.56 Å². The van der Waals surface area contributed by atoms with Gasteiger partial charge in [0.05, 0.1) is 30.8 Å². The maximum Gasteiger partial charge on any atom is 0.500 e. The van der Waals surface area contributed by atoms with E-state index >= 15 is 0 Å². The number of rotatable bonds is 3. The molecule has 0 N–H and O–H groups in total. The fraction of sp³-hybridized carbons (Fsp3) is 0.571. The van der Waals surface area contributed by atoms with Crippen LogP contribution >= 0.6 is 0 Å². The van der Waals surface area contributed by atoms with Gasteiger partial charge in [0, 0.05) is 11.7 Å². The second-order valence-corrected chi connectivity index (χ2v) is 5.82. The number of pyridine rings is 1. The number of hydrogen-bond donors (Lipinski definition) is 0. The lowest BCUT2D eigenvalue weighted by Gasteiger charge is -2.32. The van der Waals surface area contributed by atoms with E-state index in [-0.39, 0.29) is 6.42 Å². The largest absolute Gasteiger partial charge is 0.500 e. The normalized spacial score (nSPS) is 19.7. The molecule has 2 heterocycles. The number of nitriles is 1. The molecule has 0 radical (unpaired) electrons.